The molecular weight excluding hydrogens is 350 g/mol. The van der Waals surface area contributed by atoms with Crippen LogP contribution in [0.25, 0.3) is 0 Å². The third-order valence-corrected chi connectivity index (χ3v) is 5.82. The fourth-order valence-corrected chi connectivity index (χ4v) is 4.08. The summed E-state index contributed by atoms with van der Waals surface area (Å²) in [5.74, 6) is 0.451. The average Bonchev–Trinajstić information content (AvgIpc) is 2.76. The van der Waals surface area contributed by atoms with Crippen LogP contribution in [0.15, 0.2) is 78.9 Å². The lowest BCUT2D eigenvalue weighted by molar-refractivity contribution is 0.568. The number of rotatable bonds is 11. The number of hydrogen-bond donors (Lipinski definition) is 1. The Morgan fingerprint density at radius 3 is 1.83 bits per heavy atom. The van der Waals surface area contributed by atoms with Crippen LogP contribution < -0.4 is 5.73 Å². The zero-order valence-corrected chi connectivity index (χ0v) is 17.8. The molecule has 0 saturated carbocycles. The van der Waals surface area contributed by atoms with Crippen LogP contribution in [0.5, 0.6) is 0 Å². The molecule has 3 rings (SSSR count). The van der Waals surface area contributed by atoms with Gasteiger partial charge in [0.15, 0.2) is 0 Å². The van der Waals surface area contributed by atoms with Crippen molar-refractivity contribution < 1.29 is 0 Å². The van der Waals surface area contributed by atoms with E-state index in [1.54, 1.807) is 0 Å². The van der Waals surface area contributed by atoms with Crippen LogP contribution in [0.3, 0.4) is 0 Å². The number of benzene rings is 3. The Kier molecular flexibility index (Phi) is 8.37. The number of unbranched alkanes of at least 4 members (excludes halogenated alkanes) is 5. The maximum Gasteiger partial charge on any atom is 0.0314 e. The molecule has 1 unspecified atom stereocenters. The third kappa shape index (κ3) is 6.78. The van der Waals surface area contributed by atoms with E-state index in [4.69, 9.17) is 5.73 Å². The van der Waals surface area contributed by atoms with Crippen LogP contribution in [-0.2, 0) is 6.42 Å². The van der Waals surface area contributed by atoms with Crippen LogP contribution in [0, 0.1) is 0 Å². The van der Waals surface area contributed by atoms with Crippen molar-refractivity contribution in [3.05, 3.63) is 101 Å². The molecule has 0 aliphatic carbocycles. The Morgan fingerprint density at radius 1 is 0.621 bits per heavy atom. The second kappa shape index (κ2) is 11.5. The Hall–Kier alpha value is -2.54. The molecule has 3 aromatic carbocycles. The van der Waals surface area contributed by atoms with E-state index >= 15 is 0 Å². The number of hydrogen-bond acceptors (Lipinski definition) is 1. The van der Waals surface area contributed by atoms with Gasteiger partial charge in [0.05, 0.1) is 0 Å². The molecule has 1 nitrogen and oxygen atoms in total. The van der Waals surface area contributed by atoms with Crippen molar-refractivity contribution in [2.45, 2.75) is 64.2 Å². The summed E-state index contributed by atoms with van der Waals surface area (Å²) in [6, 6.07) is 28.4. The highest BCUT2D eigenvalue weighted by Gasteiger charge is 2.14. The third-order valence-electron chi connectivity index (χ3n) is 5.82. The molecule has 0 aliphatic heterocycles. The van der Waals surface area contributed by atoms with Gasteiger partial charge in [-0.05, 0) is 47.2 Å². The zero-order chi connectivity index (χ0) is 20.3. The monoisotopic (exact) mass is 385 g/mol. The van der Waals surface area contributed by atoms with Crippen molar-refractivity contribution >= 4 is 5.69 Å². The standard InChI is InChI=1S/C28H35N/c1-2-3-4-5-6-10-13-28(26-18-20-27(29)21-19-26)25-16-14-24(15-17-25)22-23-11-8-7-9-12-23/h7-9,11-12,14-21,28H,2-6,10,13,22,29H2,1H3. The molecule has 0 aromatic heterocycles. The van der Waals surface area contributed by atoms with E-state index in [0.717, 1.165) is 12.1 Å². The minimum atomic E-state index is 0.451. The fourth-order valence-electron chi connectivity index (χ4n) is 4.08. The van der Waals surface area contributed by atoms with Crippen LogP contribution in [0.2, 0.25) is 0 Å². The van der Waals surface area contributed by atoms with Crippen molar-refractivity contribution in [1.29, 1.82) is 0 Å². The van der Waals surface area contributed by atoms with Gasteiger partial charge >= 0.3 is 0 Å². The maximum absolute atomic E-state index is 5.93. The van der Waals surface area contributed by atoms with Crippen LogP contribution in [0.4, 0.5) is 5.69 Å². The molecule has 29 heavy (non-hydrogen) atoms. The average molecular weight is 386 g/mol. The highest BCUT2D eigenvalue weighted by Crippen LogP contribution is 2.31. The van der Waals surface area contributed by atoms with Crippen molar-refractivity contribution in [2.75, 3.05) is 5.73 Å². The summed E-state index contributed by atoms with van der Waals surface area (Å²) in [5.41, 5.74) is 12.3. The Labute approximate surface area is 177 Å². The van der Waals surface area contributed by atoms with Gasteiger partial charge in [0, 0.05) is 11.6 Å². The highest BCUT2D eigenvalue weighted by atomic mass is 14.5. The lowest BCUT2D eigenvalue weighted by atomic mass is 9.86. The van der Waals surface area contributed by atoms with Gasteiger partial charge in [-0.1, -0.05) is 112 Å². The Bertz CT molecular complexity index is 818. The topological polar surface area (TPSA) is 26.0 Å². The number of nitrogen functional groups attached to an aromatic ring is 1. The maximum atomic E-state index is 5.93. The molecule has 3 aromatic rings. The van der Waals surface area contributed by atoms with Gasteiger partial charge in [-0.3, -0.25) is 0 Å². The molecule has 0 radical (unpaired) electrons. The molecule has 0 bridgehead atoms. The molecule has 0 amide bonds. The number of anilines is 1. The molecule has 1 heteroatoms. The van der Waals surface area contributed by atoms with Gasteiger partial charge in [0.25, 0.3) is 0 Å². The fraction of sp³-hybridized carbons (Fsp3) is 0.357. The summed E-state index contributed by atoms with van der Waals surface area (Å²) in [4.78, 5) is 0. The summed E-state index contributed by atoms with van der Waals surface area (Å²) < 4.78 is 0. The molecule has 2 N–H and O–H groups in total. The SMILES string of the molecule is CCCCCCCCC(c1ccc(N)cc1)c1ccc(Cc2ccccc2)cc1. The predicted molar refractivity (Wildman–Crippen MR) is 126 cm³/mol. The Balaban J connectivity index is 1.68. The first-order valence-corrected chi connectivity index (χ1v) is 11.2. The van der Waals surface area contributed by atoms with E-state index in [1.165, 1.54) is 67.2 Å². The van der Waals surface area contributed by atoms with E-state index in [-0.39, 0.29) is 0 Å². The molecular formula is C28H35N. The van der Waals surface area contributed by atoms with Crippen LogP contribution >= 0.6 is 0 Å². The van der Waals surface area contributed by atoms with Crippen molar-refractivity contribution in [1.82, 2.24) is 0 Å². The van der Waals surface area contributed by atoms with Gasteiger partial charge in [0.2, 0.25) is 0 Å². The molecule has 152 valence electrons. The van der Waals surface area contributed by atoms with Gasteiger partial charge in [-0.2, -0.15) is 0 Å². The first kappa shape index (κ1) is 21.2. The zero-order valence-electron chi connectivity index (χ0n) is 17.8. The second-order valence-corrected chi connectivity index (χ2v) is 8.18. The molecule has 0 fully saturated rings. The van der Waals surface area contributed by atoms with Gasteiger partial charge in [-0.15, -0.1) is 0 Å². The van der Waals surface area contributed by atoms with Gasteiger partial charge in [-0.25, -0.2) is 0 Å². The summed E-state index contributed by atoms with van der Waals surface area (Å²) in [5, 5.41) is 0. The second-order valence-electron chi connectivity index (χ2n) is 8.18. The summed E-state index contributed by atoms with van der Waals surface area (Å²) in [6.45, 7) is 2.28. The molecule has 0 heterocycles. The lowest BCUT2D eigenvalue weighted by Gasteiger charge is -2.19. The van der Waals surface area contributed by atoms with Crippen molar-refractivity contribution in [2.24, 2.45) is 0 Å². The van der Waals surface area contributed by atoms with Crippen LogP contribution in [0.1, 0.15) is 80.0 Å². The van der Waals surface area contributed by atoms with Crippen LogP contribution in [-0.4, -0.2) is 0 Å². The first-order valence-electron chi connectivity index (χ1n) is 11.2. The van der Waals surface area contributed by atoms with E-state index < -0.39 is 0 Å². The molecule has 0 aliphatic rings. The minimum Gasteiger partial charge on any atom is -0.399 e. The van der Waals surface area contributed by atoms with Gasteiger partial charge < -0.3 is 5.73 Å². The van der Waals surface area contributed by atoms with E-state index in [9.17, 15) is 0 Å². The molecule has 0 saturated heterocycles. The highest BCUT2D eigenvalue weighted by molar-refractivity contribution is 5.43. The smallest absolute Gasteiger partial charge is 0.0314 e. The summed E-state index contributed by atoms with van der Waals surface area (Å²) in [6.07, 6.45) is 10.2. The van der Waals surface area contributed by atoms with Crippen molar-refractivity contribution in [3.63, 3.8) is 0 Å². The van der Waals surface area contributed by atoms with Crippen molar-refractivity contribution in [3.8, 4) is 0 Å². The van der Waals surface area contributed by atoms with E-state index in [1.807, 2.05) is 12.1 Å². The van der Waals surface area contributed by atoms with E-state index in [0.29, 0.717) is 5.92 Å². The van der Waals surface area contributed by atoms with E-state index in [2.05, 4.69) is 73.7 Å². The predicted octanol–water partition coefficient (Wildman–Crippen LogP) is 7.74. The lowest BCUT2D eigenvalue weighted by Crippen LogP contribution is -2.02. The number of nitrogens with two attached hydrogens (primary N) is 1. The quantitative estimate of drug-likeness (QED) is 0.265. The normalized spacial score (nSPS) is 12.0. The molecule has 1 atom stereocenters. The summed E-state index contributed by atoms with van der Waals surface area (Å²) >= 11 is 0. The Morgan fingerprint density at radius 2 is 1.17 bits per heavy atom. The first-order chi connectivity index (χ1) is 14.3. The summed E-state index contributed by atoms with van der Waals surface area (Å²) in [7, 11) is 0. The van der Waals surface area contributed by atoms with Gasteiger partial charge in [0.1, 0.15) is 0 Å². The largest absolute Gasteiger partial charge is 0.399 e. The molecule has 0 spiro atoms. The minimum absolute atomic E-state index is 0.451.